The van der Waals surface area contributed by atoms with Crippen LogP contribution in [0.15, 0.2) is 49.1 Å². The SMILES string of the molecule is C=CC(=O)N1CCN(c2n[nH]c3c2CN([C@H]2Cc4cccc5cccc2c45)C3)C[C@@H]1CC#N. The summed E-state index contributed by atoms with van der Waals surface area (Å²) in [4.78, 5) is 18.8. The van der Waals surface area contributed by atoms with Crippen molar-refractivity contribution in [1.82, 2.24) is 20.0 Å². The van der Waals surface area contributed by atoms with E-state index in [0.717, 1.165) is 25.3 Å². The van der Waals surface area contributed by atoms with Gasteiger partial charge >= 0.3 is 0 Å². The minimum atomic E-state index is -0.152. The van der Waals surface area contributed by atoms with E-state index >= 15 is 0 Å². The Morgan fingerprint density at radius 3 is 2.91 bits per heavy atom. The summed E-state index contributed by atoms with van der Waals surface area (Å²) in [5.41, 5.74) is 5.28. The fraction of sp³-hybridized carbons (Fsp3) is 0.346. The molecule has 0 bridgehead atoms. The molecule has 0 spiro atoms. The highest BCUT2D eigenvalue weighted by atomic mass is 16.2. The van der Waals surface area contributed by atoms with Gasteiger partial charge in [0.2, 0.25) is 5.91 Å². The molecular formula is C26H26N6O. The molecule has 7 heteroatoms. The first kappa shape index (κ1) is 20.0. The first-order valence-electron chi connectivity index (χ1n) is 11.5. The normalized spacial score (nSPS) is 21.9. The lowest BCUT2D eigenvalue weighted by molar-refractivity contribution is -0.128. The van der Waals surface area contributed by atoms with Crippen LogP contribution in [0.1, 0.15) is 34.8 Å². The quantitative estimate of drug-likeness (QED) is 0.633. The van der Waals surface area contributed by atoms with Crippen molar-refractivity contribution in [2.75, 3.05) is 24.5 Å². The summed E-state index contributed by atoms with van der Waals surface area (Å²) in [5.74, 6) is 0.859. The second-order valence-electron chi connectivity index (χ2n) is 9.19. The van der Waals surface area contributed by atoms with Crippen LogP contribution in [0, 0.1) is 11.3 Å². The molecule has 166 valence electrons. The molecule has 3 aliphatic rings. The third-order valence-electron chi connectivity index (χ3n) is 7.46. The first-order chi connectivity index (χ1) is 16.2. The fourth-order valence-corrected chi connectivity index (χ4v) is 5.91. The maximum absolute atomic E-state index is 12.2. The minimum absolute atomic E-state index is 0.108. The number of nitriles is 1. The summed E-state index contributed by atoms with van der Waals surface area (Å²) >= 11 is 0. The molecule has 7 nitrogen and oxygen atoms in total. The number of benzene rings is 2. The summed E-state index contributed by atoms with van der Waals surface area (Å²) in [6, 6.07) is 15.7. The predicted molar refractivity (Wildman–Crippen MR) is 126 cm³/mol. The fourth-order valence-electron chi connectivity index (χ4n) is 5.91. The molecule has 2 atom stereocenters. The van der Waals surface area contributed by atoms with Crippen molar-refractivity contribution in [2.45, 2.75) is 38.0 Å². The number of fused-ring (bicyclic) bond motifs is 1. The molecule has 1 aromatic heterocycles. The molecule has 1 saturated heterocycles. The Labute approximate surface area is 192 Å². The second kappa shape index (κ2) is 7.75. The van der Waals surface area contributed by atoms with Gasteiger partial charge in [-0.3, -0.25) is 14.8 Å². The zero-order valence-electron chi connectivity index (χ0n) is 18.5. The Balaban J connectivity index is 1.24. The van der Waals surface area contributed by atoms with Crippen LogP contribution in [0.2, 0.25) is 0 Å². The molecule has 0 radical (unpaired) electrons. The molecule has 33 heavy (non-hydrogen) atoms. The van der Waals surface area contributed by atoms with Crippen molar-refractivity contribution in [2.24, 2.45) is 0 Å². The number of nitrogens with zero attached hydrogens (tertiary/aromatic N) is 5. The number of carbonyl (C=O) groups excluding carboxylic acids is 1. The number of hydrogen-bond donors (Lipinski definition) is 1. The van der Waals surface area contributed by atoms with Gasteiger partial charge in [-0.15, -0.1) is 0 Å². The van der Waals surface area contributed by atoms with Gasteiger partial charge in [0.25, 0.3) is 0 Å². The summed E-state index contributed by atoms with van der Waals surface area (Å²) in [6.45, 7) is 7.20. The molecule has 3 heterocycles. The second-order valence-corrected chi connectivity index (χ2v) is 9.19. The average molecular weight is 439 g/mol. The molecule has 1 aliphatic carbocycles. The standard InChI is InChI=1S/C26H26N6O/c1-2-24(33)32-12-11-30(14-19(32)9-10-27)26-21-15-31(16-22(21)28-29-26)23-13-18-7-3-5-17-6-4-8-20(23)25(17)18/h2-8,19,23H,1,9,11-16H2,(H,28,29)/t19-,23-/m0/s1. The smallest absolute Gasteiger partial charge is 0.246 e. The number of aromatic amines is 1. The molecule has 2 aromatic carbocycles. The first-order valence-corrected chi connectivity index (χ1v) is 11.5. The molecule has 3 aromatic rings. The topological polar surface area (TPSA) is 79.3 Å². The number of anilines is 1. The van der Waals surface area contributed by atoms with Crippen molar-refractivity contribution < 1.29 is 4.79 Å². The summed E-state index contributed by atoms with van der Waals surface area (Å²) in [7, 11) is 0. The lowest BCUT2D eigenvalue weighted by atomic mass is 10.0. The van der Waals surface area contributed by atoms with E-state index in [2.05, 4.69) is 69.0 Å². The van der Waals surface area contributed by atoms with E-state index in [4.69, 9.17) is 0 Å². The van der Waals surface area contributed by atoms with Crippen LogP contribution in [0.3, 0.4) is 0 Å². The van der Waals surface area contributed by atoms with Crippen molar-refractivity contribution in [3.63, 3.8) is 0 Å². The molecule has 0 unspecified atom stereocenters. The average Bonchev–Trinajstić information content (AvgIpc) is 3.53. The molecule has 1 N–H and O–H groups in total. The van der Waals surface area contributed by atoms with E-state index in [1.165, 1.54) is 39.2 Å². The zero-order chi connectivity index (χ0) is 22.5. The van der Waals surface area contributed by atoms with E-state index in [-0.39, 0.29) is 11.9 Å². The van der Waals surface area contributed by atoms with Crippen molar-refractivity contribution in [1.29, 1.82) is 5.26 Å². The van der Waals surface area contributed by atoms with Crippen LogP contribution in [-0.4, -0.2) is 51.6 Å². The van der Waals surface area contributed by atoms with E-state index in [9.17, 15) is 10.1 Å². The zero-order valence-corrected chi connectivity index (χ0v) is 18.5. The third-order valence-corrected chi connectivity index (χ3v) is 7.46. The number of hydrogen-bond acceptors (Lipinski definition) is 5. The van der Waals surface area contributed by atoms with Crippen LogP contribution in [-0.2, 0) is 24.3 Å². The van der Waals surface area contributed by atoms with Gasteiger partial charge in [0.05, 0.1) is 24.2 Å². The van der Waals surface area contributed by atoms with Gasteiger partial charge < -0.3 is 9.80 Å². The van der Waals surface area contributed by atoms with Crippen LogP contribution >= 0.6 is 0 Å². The Bertz CT molecular complexity index is 1300. The lowest BCUT2D eigenvalue weighted by Gasteiger charge is -2.40. The van der Waals surface area contributed by atoms with Crippen LogP contribution in [0.4, 0.5) is 5.82 Å². The highest BCUT2D eigenvalue weighted by Crippen LogP contribution is 2.44. The molecule has 6 rings (SSSR count). The molecular weight excluding hydrogens is 412 g/mol. The Kier molecular flexibility index (Phi) is 4.70. The van der Waals surface area contributed by atoms with Crippen LogP contribution < -0.4 is 4.90 Å². The maximum atomic E-state index is 12.2. The number of piperazine rings is 1. The lowest BCUT2D eigenvalue weighted by Crippen LogP contribution is -2.55. The third kappa shape index (κ3) is 3.13. The van der Waals surface area contributed by atoms with E-state index < -0.39 is 0 Å². The summed E-state index contributed by atoms with van der Waals surface area (Å²) in [5, 5.41) is 20.0. The van der Waals surface area contributed by atoms with Crippen molar-refractivity contribution in [3.05, 3.63) is 71.4 Å². The number of rotatable bonds is 4. The molecule has 2 aliphatic heterocycles. The van der Waals surface area contributed by atoms with Gasteiger partial charge in [-0.25, -0.2) is 0 Å². The van der Waals surface area contributed by atoms with Crippen LogP contribution in [0.25, 0.3) is 10.8 Å². The highest BCUT2D eigenvalue weighted by molar-refractivity contribution is 5.91. The minimum Gasteiger partial charge on any atom is -0.351 e. The number of aromatic nitrogens is 2. The Morgan fingerprint density at radius 1 is 1.24 bits per heavy atom. The Hall–Kier alpha value is -3.63. The summed E-state index contributed by atoms with van der Waals surface area (Å²) < 4.78 is 0. The largest absolute Gasteiger partial charge is 0.351 e. The van der Waals surface area contributed by atoms with Crippen LogP contribution in [0.5, 0.6) is 0 Å². The predicted octanol–water partition coefficient (Wildman–Crippen LogP) is 3.29. The highest BCUT2D eigenvalue weighted by Gasteiger charge is 2.37. The van der Waals surface area contributed by atoms with Crippen molar-refractivity contribution >= 4 is 22.5 Å². The number of carbonyl (C=O) groups is 1. The van der Waals surface area contributed by atoms with Crippen molar-refractivity contribution in [3.8, 4) is 6.07 Å². The maximum Gasteiger partial charge on any atom is 0.246 e. The van der Waals surface area contributed by atoms with Gasteiger partial charge in [-0.2, -0.15) is 10.4 Å². The van der Waals surface area contributed by atoms with Gasteiger partial charge in [-0.1, -0.05) is 43.0 Å². The van der Waals surface area contributed by atoms with Gasteiger partial charge in [-0.05, 0) is 34.4 Å². The number of H-pyrrole nitrogens is 1. The Morgan fingerprint density at radius 2 is 2.09 bits per heavy atom. The number of nitrogens with one attached hydrogen (secondary N) is 1. The monoisotopic (exact) mass is 438 g/mol. The van der Waals surface area contributed by atoms with Gasteiger partial charge in [0.15, 0.2) is 5.82 Å². The van der Waals surface area contributed by atoms with E-state index in [1.807, 2.05) is 0 Å². The van der Waals surface area contributed by atoms with Gasteiger partial charge in [0, 0.05) is 44.3 Å². The molecule has 0 saturated carbocycles. The van der Waals surface area contributed by atoms with E-state index in [1.54, 1.807) is 4.90 Å². The van der Waals surface area contributed by atoms with E-state index in [0.29, 0.717) is 32.1 Å². The number of amides is 1. The van der Waals surface area contributed by atoms with Gasteiger partial charge in [0.1, 0.15) is 0 Å². The molecule has 1 amide bonds. The summed E-state index contributed by atoms with van der Waals surface area (Å²) in [6.07, 6.45) is 2.68. The molecule has 1 fully saturated rings.